The molecule has 0 spiro atoms. The van der Waals surface area contributed by atoms with Crippen LogP contribution in [0.3, 0.4) is 0 Å². The maximum absolute atomic E-state index is 11.4. The minimum absolute atomic E-state index is 0.505. The van der Waals surface area contributed by atoms with E-state index in [1.54, 1.807) is 10.9 Å². The van der Waals surface area contributed by atoms with Gasteiger partial charge in [-0.05, 0) is 30.7 Å². The van der Waals surface area contributed by atoms with Gasteiger partial charge in [-0.3, -0.25) is 4.79 Å². The minimum atomic E-state index is 0.505. The molecule has 2 aromatic heterocycles. The quantitative estimate of drug-likeness (QED) is 0.527. The summed E-state index contributed by atoms with van der Waals surface area (Å²) in [6, 6.07) is 17.6. The van der Waals surface area contributed by atoms with Crippen LogP contribution in [-0.2, 0) is 0 Å². The minimum Gasteiger partial charge on any atom is -0.454 e. The largest absolute Gasteiger partial charge is 0.454 e. The number of fused-ring (bicyclic) bond motifs is 1. The highest BCUT2D eigenvalue weighted by molar-refractivity contribution is 5.89. The van der Waals surface area contributed by atoms with Crippen LogP contribution in [0.25, 0.3) is 28.1 Å². The number of rotatable bonds is 3. The summed E-state index contributed by atoms with van der Waals surface area (Å²) in [4.78, 5) is 11.4. The second-order valence-corrected chi connectivity index (χ2v) is 5.43. The summed E-state index contributed by atoms with van der Waals surface area (Å²) in [6.07, 6.45) is 2.53. The van der Waals surface area contributed by atoms with Crippen LogP contribution < -0.4 is 0 Å². The highest BCUT2D eigenvalue weighted by Gasteiger charge is 2.16. The molecule has 0 atom stereocenters. The Kier molecular flexibility index (Phi) is 3.08. The molecule has 0 N–H and O–H groups in total. The maximum atomic E-state index is 11.4. The number of aldehydes is 1. The molecule has 4 rings (SSSR count). The van der Waals surface area contributed by atoms with E-state index in [1.165, 1.54) is 0 Å². The fraction of sp³-hybridized carbons (Fsp3) is 0.0526. The number of nitrogens with zero attached hydrogens (tertiary/aromatic N) is 2. The standard InChI is InChI=1S/C19H14N2O2/c1-13-6-5-7-14-10-17(23-19(13)14)18-15(12-22)11-21(20-18)16-8-3-2-4-9-16/h2-12H,1H3. The lowest BCUT2D eigenvalue weighted by Crippen LogP contribution is -1.93. The number of para-hydroxylation sites is 2. The SMILES string of the molecule is Cc1cccc2cc(-c3nn(-c4ccccc4)cc3C=O)oc12. The molecule has 0 aliphatic rings. The van der Waals surface area contributed by atoms with E-state index in [0.29, 0.717) is 17.0 Å². The van der Waals surface area contributed by atoms with Crippen LogP contribution in [0.15, 0.2) is 65.2 Å². The van der Waals surface area contributed by atoms with Gasteiger partial charge in [-0.15, -0.1) is 0 Å². The number of hydrogen-bond acceptors (Lipinski definition) is 3. The van der Waals surface area contributed by atoms with E-state index < -0.39 is 0 Å². The van der Waals surface area contributed by atoms with Crippen LogP contribution >= 0.6 is 0 Å². The summed E-state index contributed by atoms with van der Waals surface area (Å²) in [5, 5.41) is 5.54. The molecule has 0 radical (unpaired) electrons. The second-order valence-electron chi connectivity index (χ2n) is 5.43. The fourth-order valence-electron chi connectivity index (χ4n) is 2.70. The lowest BCUT2D eigenvalue weighted by atomic mass is 10.1. The van der Waals surface area contributed by atoms with E-state index in [4.69, 9.17) is 4.42 Å². The van der Waals surface area contributed by atoms with Crippen LogP contribution in [0.5, 0.6) is 0 Å². The molecule has 4 aromatic rings. The molecule has 112 valence electrons. The van der Waals surface area contributed by atoms with Gasteiger partial charge in [-0.25, -0.2) is 4.68 Å². The number of aryl methyl sites for hydroxylation is 1. The highest BCUT2D eigenvalue weighted by atomic mass is 16.3. The Labute approximate surface area is 133 Å². The van der Waals surface area contributed by atoms with Gasteiger partial charge in [0.2, 0.25) is 0 Å². The zero-order chi connectivity index (χ0) is 15.8. The van der Waals surface area contributed by atoms with Gasteiger partial charge in [0.05, 0.1) is 11.3 Å². The molecule has 4 heteroatoms. The molecule has 0 aliphatic carbocycles. The van der Waals surface area contributed by atoms with E-state index >= 15 is 0 Å². The Morgan fingerprint density at radius 1 is 1.09 bits per heavy atom. The first-order chi connectivity index (χ1) is 11.3. The number of carbonyl (C=O) groups is 1. The van der Waals surface area contributed by atoms with Crippen molar-refractivity contribution in [3.8, 4) is 17.1 Å². The number of benzene rings is 2. The summed E-state index contributed by atoms with van der Waals surface area (Å²) in [5.74, 6) is 0.603. The van der Waals surface area contributed by atoms with Crippen molar-refractivity contribution >= 4 is 17.3 Å². The van der Waals surface area contributed by atoms with Crippen molar-refractivity contribution in [3.05, 3.63) is 71.9 Å². The van der Waals surface area contributed by atoms with Gasteiger partial charge < -0.3 is 4.42 Å². The van der Waals surface area contributed by atoms with Gasteiger partial charge in [0.25, 0.3) is 0 Å². The number of carbonyl (C=O) groups excluding carboxylic acids is 1. The third-order valence-electron chi connectivity index (χ3n) is 3.86. The lowest BCUT2D eigenvalue weighted by Gasteiger charge is -1.98. The zero-order valence-electron chi connectivity index (χ0n) is 12.6. The fourth-order valence-corrected chi connectivity index (χ4v) is 2.70. The second kappa shape index (κ2) is 5.25. The highest BCUT2D eigenvalue weighted by Crippen LogP contribution is 2.30. The third kappa shape index (κ3) is 2.25. The molecule has 0 fully saturated rings. The molecule has 0 unspecified atom stereocenters. The summed E-state index contributed by atoms with van der Waals surface area (Å²) < 4.78 is 7.64. The topological polar surface area (TPSA) is 48.0 Å². The van der Waals surface area contributed by atoms with Crippen molar-refractivity contribution < 1.29 is 9.21 Å². The summed E-state index contributed by atoms with van der Waals surface area (Å²) >= 11 is 0. The average molecular weight is 302 g/mol. The lowest BCUT2D eigenvalue weighted by molar-refractivity contribution is 0.112. The Morgan fingerprint density at radius 3 is 2.65 bits per heavy atom. The van der Waals surface area contributed by atoms with E-state index in [2.05, 4.69) is 5.10 Å². The molecule has 0 saturated heterocycles. The Hall–Kier alpha value is -3.14. The Balaban J connectivity index is 1.89. The van der Waals surface area contributed by atoms with Gasteiger partial charge >= 0.3 is 0 Å². The van der Waals surface area contributed by atoms with Crippen LogP contribution in [0, 0.1) is 6.92 Å². The van der Waals surface area contributed by atoms with Crippen molar-refractivity contribution in [2.75, 3.05) is 0 Å². The summed E-state index contributed by atoms with van der Waals surface area (Å²) in [7, 11) is 0. The Morgan fingerprint density at radius 2 is 1.91 bits per heavy atom. The van der Waals surface area contributed by atoms with Gasteiger partial charge in [-0.2, -0.15) is 5.10 Å². The molecule has 0 amide bonds. The van der Waals surface area contributed by atoms with E-state index in [1.807, 2.05) is 61.5 Å². The van der Waals surface area contributed by atoms with E-state index in [-0.39, 0.29) is 0 Å². The first-order valence-electron chi connectivity index (χ1n) is 7.36. The van der Waals surface area contributed by atoms with Gasteiger partial charge in [0.1, 0.15) is 11.3 Å². The maximum Gasteiger partial charge on any atom is 0.156 e. The first-order valence-corrected chi connectivity index (χ1v) is 7.36. The normalized spacial score (nSPS) is 11.0. The van der Waals surface area contributed by atoms with Crippen molar-refractivity contribution in [2.45, 2.75) is 6.92 Å². The molecule has 0 saturated carbocycles. The predicted molar refractivity (Wildman–Crippen MR) is 88.9 cm³/mol. The number of furan rings is 1. The molecule has 4 nitrogen and oxygen atoms in total. The van der Waals surface area contributed by atoms with Crippen molar-refractivity contribution in [2.24, 2.45) is 0 Å². The molecule has 0 aliphatic heterocycles. The van der Waals surface area contributed by atoms with Crippen molar-refractivity contribution in [3.63, 3.8) is 0 Å². The summed E-state index contributed by atoms with van der Waals surface area (Å²) in [5.41, 5.74) is 3.84. The van der Waals surface area contributed by atoms with Crippen LogP contribution in [0.2, 0.25) is 0 Å². The number of hydrogen-bond donors (Lipinski definition) is 0. The van der Waals surface area contributed by atoms with Gasteiger partial charge in [0, 0.05) is 11.6 Å². The molecule has 2 heterocycles. The van der Waals surface area contributed by atoms with Crippen molar-refractivity contribution in [1.29, 1.82) is 0 Å². The smallest absolute Gasteiger partial charge is 0.156 e. The third-order valence-corrected chi connectivity index (χ3v) is 3.86. The van der Waals surface area contributed by atoms with E-state index in [0.717, 1.165) is 28.5 Å². The average Bonchev–Trinajstić information content (AvgIpc) is 3.20. The molecule has 23 heavy (non-hydrogen) atoms. The zero-order valence-corrected chi connectivity index (χ0v) is 12.6. The van der Waals surface area contributed by atoms with Crippen LogP contribution in [-0.4, -0.2) is 16.1 Å². The Bertz CT molecular complexity index is 997. The van der Waals surface area contributed by atoms with Crippen molar-refractivity contribution in [1.82, 2.24) is 9.78 Å². The van der Waals surface area contributed by atoms with Crippen LogP contribution in [0.4, 0.5) is 0 Å². The monoisotopic (exact) mass is 302 g/mol. The molecule has 0 bridgehead atoms. The molecule has 2 aromatic carbocycles. The van der Waals surface area contributed by atoms with Crippen LogP contribution in [0.1, 0.15) is 15.9 Å². The van der Waals surface area contributed by atoms with E-state index in [9.17, 15) is 4.79 Å². The van der Waals surface area contributed by atoms with Gasteiger partial charge in [-0.1, -0.05) is 36.4 Å². The molecular weight excluding hydrogens is 288 g/mol. The number of aromatic nitrogens is 2. The molecular formula is C19H14N2O2. The predicted octanol–water partition coefficient (Wildman–Crippen LogP) is 4.41. The summed E-state index contributed by atoms with van der Waals surface area (Å²) in [6.45, 7) is 2.00. The van der Waals surface area contributed by atoms with Gasteiger partial charge in [0.15, 0.2) is 12.0 Å². The first kappa shape index (κ1) is 13.5.